The Morgan fingerprint density at radius 3 is 2.62 bits per heavy atom. The van der Waals surface area contributed by atoms with Crippen LogP contribution in [-0.2, 0) is 15.7 Å². The maximum absolute atomic E-state index is 12.9. The number of alkyl halides is 3. The SMILES string of the molecule is Cc1cc(C(F)(F)F)c(C#N)c(SCC(=O)OC(C)C)n1. The third-order valence-corrected chi connectivity index (χ3v) is 3.17. The van der Waals surface area contributed by atoms with Gasteiger partial charge in [0.05, 0.1) is 23.0 Å². The Morgan fingerprint density at radius 1 is 1.52 bits per heavy atom. The highest BCUT2D eigenvalue weighted by Crippen LogP contribution is 2.35. The molecule has 1 aromatic heterocycles. The van der Waals surface area contributed by atoms with Gasteiger partial charge in [-0.25, -0.2) is 4.98 Å². The molecule has 0 bridgehead atoms. The number of aryl methyl sites for hydroxylation is 1. The summed E-state index contributed by atoms with van der Waals surface area (Å²) in [7, 11) is 0. The second-order valence-electron chi connectivity index (χ2n) is 4.43. The summed E-state index contributed by atoms with van der Waals surface area (Å²) in [6.07, 6.45) is -4.96. The fraction of sp³-hybridized carbons (Fsp3) is 0.462. The van der Waals surface area contributed by atoms with E-state index in [1.807, 2.05) is 0 Å². The molecule has 0 amide bonds. The van der Waals surface area contributed by atoms with Crippen LogP contribution in [0.25, 0.3) is 0 Å². The first kappa shape index (κ1) is 17.3. The lowest BCUT2D eigenvalue weighted by molar-refractivity contribution is -0.144. The number of carbonyl (C=O) groups is 1. The van der Waals surface area contributed by atoms with E-state index in [-0.39, 0.29) is 22.6 Å². The molecule has 1 aromatic rings. The molecule has 0 atom stereocenters. The molecule has 0 aliphatic heterocycles. The maximum atomic E-state index is 12.9. The molecule has 8 heteroatoms. The van der Waals surface area contributed by atoms with Crippen LogP contribution >= 0.6 is 11.8 Å². The van der Waals surface area contributed by atoms with Crippen molar-refractivity contribution in [1.82, 2.24) is 4.98 Å². The van der Waals surface area contributed by atoms with Crippen LogP contribution in [0.15, 0.2) is 11.1 Å². The standard InChI is InChI=1S/C13H13F3N2O2S/c1-7(2)20-11(19)6-21-12-9(5-17)10(13(14,15)16)4-8(3)18-12/h4,7H,6H2,1-3H3. The third-order valence-electron chi connectivity index (χ3n) is 2.23. The minimum absolute atomic E-state index is 0.120. The minimum atomic E-state index is -4.65. The van der Waals surface area contributed by atoms with E-state index in [9.17, 15) is 18.0 Å². The summed E-state index contributed by atoms with van der Waals surface area (Å²) < 4.78 is 43.5. The molecule has 1 rings (SSSR count). The van der Waals surface area contributed by atoms with Gasteiger partial charge in [0, 0.05) is 5.69 Å². The van der Waals surface area contributed by atoms with Crippen molar-refractivity contribution in [2.75, 3.05) is 5.75 Å². The Hall–Kier alpha value is -1.75. The Balaban J connectivity index is 3.05. The zero-order valence-electron chi connectivity index (χ0n) is 11.6. The number of hydrogen-bond acceptors (Lipinski definition) is 5. The number of thioether (sulfide) groups is 1. The summed E-state index contributed by atoms with van der Waals surface area (Å²) in [5.41, 5.74) is -1.49. The molecule has 0 fully saturated rings. The van der Waals surface area contributed by atoms with Crippen LogP contribution in [0.5, 0.6) is 0 Å². The predicted molar refractivity (Wildman–Crippen MR) is 70.6 cm³/mol. The quantitative estimate of drug-likeness (QED) is 0.629. The molecule has 0 saturated heterocycles. The second-order valence-corrected chi connectivity index (χ2v) is 5.39. The number of ether oxygens (including phenoxy) is 1. The van der Waals surface area contributed by atoms with Crippen molar-refractivity contribution in [2.45, 2.75) is 38.1 Å². The number of nitriles is 1. The molecule has 0 spiro atoms. The van der Waals surface area contributed by atoms with E-state index in [2.05, 4.69) is 4.98 Å². The highest BCUT2D eigenvalue weighted by atomic mass is 32.2. The highest BCUT2D eigenvalue weighted by molar-refractivity contribution is 7.99. The summed E-state index contributed by atoms with van der Waals surface area (Å²) >= 11 is 0.758. The molecule has 0 unspecified atom stereocenters. The molecule has 114 valence electrons. The molecule has 1 heterocycles. The van der Waals surface area contributed by atoms with E-state index in [0.29, 0.717) is 0 Å². The Bertz CT molecular complexity index is 580. The molecular formula is C13H13F3N2O2S. The zero-order valence-corrected chi connectivity index (χ0v) is 12.4. The topological polar surface area (TPSA) is 63.0 Å². The molecule has 0 saturated carbocycles. The smallest absolute Gasteiger partial charge is 0.417 e. The summed E-state index contributed by atoms with van der Waals surface area (Å²) in [6.45, 7) is 4.72. The van der Waals surface area contributed by atoms with Crippen molar-refractivity contribution in [2.24, 2.45) is 0 Å². The van der Waals surface area contributed by atoms with Crippen LogP contribution in [0, 0.1) is 18.3 Å². The monoisotopic (exact) mass is 318 g/mol. The van der Waals surface area contributed by atoms with E-state index in [4.69, 9.17) is 10.00 Å². The van der Waals surface area contributed by atoms with Gasteiger partial charge in [0.1, 0.15) is 11.1 Å². The van der Waals surface area contributed by atoms with Gasteiger partial charge < -0.3 is 4.74 Å². The lowest BCUT2D eigenvalue weighted by Crippen LogP contribution is -2.14. The van der Waals surface area contributed by atoms with Gasteiger partial charge in [0.15, 0.2) is 0 Å². The Kier molecular flexibility index (Phi) is 5.61. The highest BCUT2D eigenvalue weighted by Gasteiger charge is 2.35. The van der Waals surface area contributed by atoms with Gasteiger partial charge >= 0.3 is 12.1 Å². The Labute approximate surface area is 124 Å². The molecule has 0 aliphatic rings. The lowest BCUT2D eigenvalue weighted by atomic mass is 10.1. The van der Waals surface area contributed by atoms with Crippen molar-refractivity contribution < 1.29 is 22.7 Å². The number of aromatic nitrogens is 1. The van der Waals surface area contributed by atoms with E-state index < -0.39 is 23.3 Å². The first-order chi connectivity index (χ1) is 9.65. The average Bonchev–Trinajstić information content (AvgIpc) is 2.33. The van der Waals surface area contributed by atoms with Crippen LogP contribution in [-0.4, -0.2) is 22.8 Å². The summed E-state index contributed by atoms with van der Waals surface area (Å²) in [5, 5.41) is 8.82. The van der Waals surface area contributed by atoms with E-state index in [1.54, 1.807) is 13.8 Å². The third kappa shape index (κ3) is 4.93. The summed E-state index contributed by atoms with van der Waals surface area (Å²) in [6, 6.07) is 2.32. The summed E-state index contributed by atoms with van der Waals surface area (Å²) in [4.78, 5) is 15.3. The van der Waals surface area contributed by atoms with Crippen molar-refractivity contribution in [3.05, 3.63) is 22.9 Å². The largest absolute Gasteiger partial charge is 0.462 e. The van der Waals surface area contributed by atoms with Gasteiger partial charge in [-0.05, 0) is 26.8 Å². The van der Waals surface area contributed by atoms with Gasteiger partial charge in [0.25, 0.3) is 0 Å². The fourth-order valence-corrected chi connectivity index (χ4v) is 2.34. The second kappa shape index (κ2) is 6.80. The number of hydrogen-bond donors (Lipinski definition) is 0. The molecule has 21 heavy (non-hydrogen) atoms. The van der Waals surface area contributed by atoms with Crippen LogP contribution in [0.3, 0.4) is 0 Å². The van der Waals surface area contributed by atoms with Gasteiger partial charge in [-0.2, -0.15) is 18.4 Å². The van der Waals surface area contributed by atoms with Crippen molar-refractivity contribution in [1.29, 1.82) is 5.26 Å². The van der Waals surface area contributed by atoms with Crippen LogP contribution < -0.4 is 0 Å². The number of esters is 1. The average molecular weight is 318 g/mol. The van der Waals surface area contributed by atoms with E-state index in [1.165, 1.54) is 13.0 Å². The predicted octanol–water partition coefficient (Wildman–Crippen LogP) is 3.32. The summed E-state index contributed by atoms with van der Waals surface area (Å²) in [5.74, 6) is -0.781. The molecule has 0 aliphatic carbocycles. The lowest BCUT2D eigenvalue weighted by Gasteiger charge is -2.13. The van der Waals surface area contributed by atoms with E-state index >= 15 is 0 Å². The van der Waals surface area contributed by atoms with Crippen LogP contribution in [0.1, 0.15) is 30.7 Å². The number of carbonyl (C=O) groups excluding carboxylic acids is 1. The number of pyridine rings is 1. The maximum Gasteiger partial charge on any atom is 0.417 e. The number of rotatable bonds is 4. The van der Waals surface area contributed by atoms with E-state index in [0.717, 1.165) is 17.8 Å². The fourth-order valence-electron chi connectivity index (χ4n) is 1.50. The van der Waals surface area contributed by atoms with Crippen molar-refractivity contribution >= 4 is 17.7 Å². The van der Waals surface area contributed by atoms with Gasteiger partial charge in [-0.1, -0.05) is 11.8 Å². The molecular weight excluding hydrogens is 305 g/mol. The molecule has 0 radical (unpaired) electrons. The van der Waals surface area contributed by atoms with Crippen LogP contribution in [0.4, 0.5) is 13.2 Å². The normalized spacial score (nSPS) is 11.3. The van der Waals surface area contributed by atoms with Gasteiger partial charge in [0.2, 0.25) is 0 Å². The Morgan fingerprint density at radius 2 is 2.14 bits per heavy atom. The van der Waals surface area contributed by atoms with Crippen LogP contribution in [0.2, 0.25) is 0 Å². The molecule has 0 N–H and O–H groups in total. The van der Waals surface area contributed by atoms with Gasteiger partial charge in [-0.15, -0.1) is 0 Å². The van der Waals surface area contributed by atoms with Gasteiger partial charge in [-0.3, -0.25) is 4.79 Å². The molecule has 4 nitrogen and oxygen atoms in total. The zero-order chi connectivity index (χ0) is 16.2. The number of halogens is 3. The van der Waals surface area contributed by atoms with Crippen molar-refractivity contribution in [3.8, 4) is 6.07 Å². The minimum Gasteiger partial charge on any atom is -0.462 e. The van der Waals surface area contributed by atoms with Crippen molar-refractivity contribution in [3.63, 3.8) is 0 Å². The number of nitrogens with zero attached hydrogens (tertiary/aromatic N) is 2. The molecule has 0 aromatic carbocycles. The first-order valence-electron chi connectivity index (χ1n) is 5.96. The first-order valence-corrected chi connectivity index (χ1v) is 6.95.